The van der Waals surface area contributed by atoms with Crippen LogP contribution in [0.4, 0.5) is 22.0 Å². The second-order valence-corrected chi connectivity index (χ2v) is 6.10. The van der Waals surface area contributed by atoms with E-state index >= 15 is 0 Å². The van der Waals surface area contributed by atoms with Crippen molar-refractivity contribution in [3.05, 3.63) is 0 Å². The summed E-state index contributed by atoms with van der Waals surface area (Å²) in [4.78, 5) is 0. The highest BCUT2D eigenvalue weighted by Gasteiger charge is 2.56. The molecular weight excluding hydrogens is 315 g/mol. The van der Waals surface area contributed by atoms with E-state index < -0.39 is 18.5 Å². The number of rotatable bonds is 15. The Balaban J connectivity index is 3.25. The van der Waals surface area contributed by atoms with Gasteiger partial charge in [-0.1, -0.05) is 58.3 Å². The van der Waals surface area contributed by atoms with Gasteiger partial charge in [0.05, 0.1) is 0 Å². The van der Waals surface area contributed by atoms with Gasteiger partial charge >= 0.3 is 12.1 Å². The molecule has 0 aliphatic carbocycles. The van der Waals surface area contributed by atoms with E-state index in [0.717, 1.165) is 12.8 Å². The zero-order valence-corrected chi connectivity index (χ0v) is 14.2. The van der Waals surface area contributed by atoms with E-state index in [1.54, 1.807) is 0 Å². The minimum atomic E-state index is -5.42. The molecule has 0 unspecified atom stereocenters. The maximum absolute atomic E-state index is 12.6. The maximum atomic E-state index is 12.6. The van der Waals surface area contributed by atoms with Crippen molar-refractivity contribution in [2.75, 3.05) is 13.2 Å². The molecule has 0 amide bonds. The Bertz CT molecular complexity index is 266. The highest BCUT2D eigenvalue weighted by atomic mass is 19.4. The average molecular weight is 346 g/mol. The van der Waals surface area contributed by atoms with Gasteiger partial charge in [0.2, 0.25) is 0 Å². The molecule has 0 aromatic heterocycles. The monoisotopic (exact) mass is 346 g/mol. The van der Waals surface area contributed by atoms with Crippen molar-refractivity contribution in [3.8, 4) is 0 Å². The summed E-state index contributed by atoms with van der Waals surface area (Å²) in [6.07, 6.45) is 3.62. The van der Waals surface area contributed by atoms with Crippen LogP contribution in [0, 0.1) is 0 Å². The summed E-state index contributed by atoms with van der Waals surface area (Å²) in [5.41, 5.74) is 0. The largest absolute Gasteiger partial charge is 0.453 e. The van der Waals surface area contributed by atoms with Gasteiger partial charge in [-0.3, -0.25) is 0 Å². The van der Waals surface area contributed by atoms with Crippen LogP contribution in [0.15, 0.2) is 0 Å². The van der Waals surface area contributed by atoms with Crippen LogP contribution < -0.4 is 0 Å². The van der Waals surface area contributed by atoms with Crippen LogP contribution in [0.2, 0.25) is 0 Å². The fraction of sp³-hybridized carbons (Fsp3) is 1.00. The molecule has 23 heavy (non-hydrogen) atoms. The lowest BCUT2D eigenvalue weighted by Gasteiger charge is -2.19. The molecule has 0 rings (SSSR count). The molecule has 0 N–H and O–H groups in total. The number of hydrogen-bond acceptors (Lipinski definition) is 1. The Hall–Kier alpha value is -0.390. The van der Waals surface area contributed by atoms with Crippen LogP contribution in [0.5, 0.6) is 0 Å². The van der Waals surface area contributed by atoms with E-state index in [9.17, 15) is 22.0 Å². The van der Waals surface area contributed by atoms with Gasteiger partial charge in [0, 0.05) is 19.6 Å². The van der Waals surface area contributed by atoms with Gasteiger partial charge in [0.1, 0.15) is 0 Å². The average Bonchev–Trinajstić information content (AvgIpc) is 2.46. The molecule has 0 aromatic rings. The Labute approximate surface area is 137 Å². The zero-order chi connectivity index (χ0) is 17.6. The van der Waals surface area contributed by atoms with E-state index in [0.29, 0.717) is 32.5 Å². The third-order valence-electron chi connectivity index (χ3n) is 3.84. The normalized spacial score (nSPS) is 12.8. The Morgan fingerprint density at radius 1 is 0.609 bits per heavy atom. The highest BCUT2D eigenvalue weighted by Crippen LogP contribution is 2.39. The van der Waals surface area contributed by atoms with Crippen molar-refractivity contribution in [1.82, 2.24) is 0 Å². The van der Waals surface area contributed by atoms with Crippen LogP contribution in [0.25, 0.3) is 0 Å². The quantitative estimate of drug-likeness (QED) is 0.231. The summed E-state index contributed by atoms with van der Waals surface area (Å²) in [6, 6.07) is 0. The first-order chi connectivity index (χ1) is 10.8. The summed E-state index contributed by atoms with van der Waals surface area (Å²) in [5, 5.41) is 0. The molecule has 140 valence electrons. The van der Waals surface area contributed by atoms with E-state index in [-0.39, 0.29) is 6.42 Å². The molecule has 1 nitrogen and oxygen atoms in total. The molecule has 0 fully saturated rings. The number of hydrogen-bond donors (Lipinski definition) is 0. The minimum Gasteiger partial charge on any atom is -0.381 e. The second kappa shape index (κ2) is 13.0. The Morgan fingerprint density at radius 2 is 1.04 bits per heavy atom. The lowest BCUT2D eigenvalue weighted by molar-refractivity contribution is -0.284. The van der Waals surface area contributed by atoms with Crippen molar-refractivity contribution in [2.24, 2.45) is 0 Å². The van der Waals surface area contributed by atoms with E-state index in [4.69, 9.17) is 4.74 Å². The number of ether oxygens (including phenoxy) is 1. The molecule has 0 radical (unpaired) electrons. The molecule has 0 aromatic carbocycles. The molecule has 0 saturated carbocycles. The Morgan fingerprint density at radius 3 is 1.52 bits per heavy atom. The number of halogens is 5. The minimum absolute atomic E-state index is 0.107. The van der Waals surface area contributed by atoms with Crippen LogP contribution in [0.3, 0.4) is 0 Å². The fourth-order valence-corrected chi connectivity index (χ4v) is 2.31. The van der Waals surface area contributed by atoms with Gasteiger partial charge in [-0.05, 0) is 19.3 Å². The van der Waals surface area contributed by atoms with Gasteiger partial charge < -0.3 is 4.74 Å². The van der Waals surface area contributed by atoms with Crippen molar-refractivity contribution in [1.29, 1.82) is 0 Å². The molecule has 0 aliphatic heterocycles. The third kappa shape index (κ3) is 12.7. The Kier molecular flexibility index (Phi) is 12.7. The molecule has 0 spiro atoms. The topological polar surface area (TPSA) is 9.23 Å². The van der Waals surface area contributed by atoms with E-state index in [1.165, 1.54) is 32.1 Å². The first kappa shape index (κ1) is 22.6. The van der Waals surface area contributed by atoms with Gasteiger partial charge in [0.25, 0.3) is 0 Å². The highest BCUT2D eigenvalue weighted by molar-refractivity contribution is 4.75. The first-order valence-electron chi connectivity index (χ1n) is 8.83. The van der Waals surface area contributed by atoms with Gasteiger partial charge in [-0.15, -0.1) is 0 Å². The summed E-state index contributed by atoms with van der Waals surface area (Å²) >= 11 is 0. The molecule has 0 heterocycles. The van der Waals surface area contributed by atoms with Gasteiger partial charge in [0.15, 0.2) is 0 Å². The molecule has 0 aliphatic rings. The second-order valence-electron chi connectivity index (χ2n) is 6.10. The molecule has 6 heteroatoms. The van der Waals surface area contributed by atoms with Crippen LogP contribution in [-0.4, -0.2) is 25.3 Å². The predicted molar refractivity (Wildman–Crippen MR) is 82.9 cm³/mol. The zero-order valence-electron chi connectivity index (χ0n) is 14.2. The molecule has 0 bridgehead atoms. The van der Waals surface area contributed by atoms with Crippen molar-refractivity contribution < 1.29 is 26.7 Å². The maximum Gasteiger partial charge on any atom is 0.453 e. The fourth-order valence-electron chi connectivity index (χ4n) is 2.31. The van der Waals surface area contributed by atoms with E-state index in [2.05, 4.69) is 6.92 Å². The lowest BCUT2D eigenvalue weighted by atomic mass is 10.1. The smallest absolute Gasteiger partial charge is 0.381 e. The number of alkyl halides is 5. The van der Waals surface area contributed by atoms with Gasteiger partial charge in [-0.2, -0.15) is 22.0 Å². The van der Waals surface area contributed by atoms with Crippen molar-refractivity contribution in [3.63, 3.8) is 0 Å². The summed E-state index contributed by atoms with van der Waals surface area (Å²) in [6.45, 7) is 3.46. The number of unbranched alkanes of at least 4 members (excludes halogenated alkanes) is 9. The van der Waals surface area contributed by atoms with Crippen LogP contribution >= 0.6 is 0 Å². The molecular formula is C17H31F5O. The standard InChI is InChI=1S/C17H31F5O/c1-2-3-4-5-6-8-11-14-23-15-12-9-7-10-13-16(18,19)17(20,21)22/h2-15H2,1H3. The lowest BCUT2D eigenvalue weighted by Crippen LogP contribution is -2.36. The third-order valence-corrected chi connectivity index (χ3v) is 3.84. The van der Waals surface area contributed by atoms with E-state index in [1.807, 2.05) is 0 Å². The van der Waals surface area contributed by atoms with Crippen LogP contribution in [-0.2, 0) is 4.74 Å². The SMILES string of the molecule is CCCCCCCCCOCCCCCCC(F)(F)C(F)(F)F. The van der Waals surface area contributed by atoms with Gasteiger partial charge in [-0.25, -0.2) is 0 Å². The first-order valence-corrected chi connectivity index (χ1v) is 8.83. The predicted octanol–water partition coefficient (Wildman–Crippen LogP) is 6.90. The summed E-state index contributed by atoms with van der Waals surface area (Å²) < 4.78 is 66.5. The van der Waals surface area contributed by atoms with Crippen molar-refractivity contribution >= 4 is 0 Å². The molecule has 0 atom stereocenters. The summed E-state index contributed by atoms with van der Waals surface area (Å²) in [7, 11) is 0. The van der Waals surface area contributed by atoms with Crippen molar-refractivity contribution in [2.45, 2.75) is 96.1 Å². The molecule has 0 saturated heterocycles. The summed E-state index contributed by atoms with van der Waals surface area (Å²) in [5.74, 6) is -4.55. The van der Waals surface area contributed by atoms with Crippen LogP contribution in [0.1, 0.15) is 84.0 Å².